The molecule has 1 aliphatic heterocycles. The topological polar surface area (TPSA) is 74.9 Å². The highest BCUT2D eigenvalue weighted by molar-refractivity contribution is 5.95. The van der Waals surface area contributed by atoms with Crippen molar-refractivity contribution in [1.82, 2.24) is 14.3 Å². The van der Waals surface area contributed by atoms with Gasteiger partial charge in [0.05, 0.1) is 11.5 Å². The number of aliphatic carboxylic acids is 1. The van der Waals surface area contributed by atoms with Gasteiger partial charge in [0.2, 0.25) is 0 Å². The molecule has 4 rings (SSSR count). The van der Waals surface area contributed by atoms with Crippen LogP contribution < -0.4 is 0 Å². The fourth-order valence-electron chi connectivity index (χ4n) is 3.49. The third kappa shape index (κ3) is 2.15. The minimum atomic E-state index is -0.780. The zero-order chi connectivity index (χ0) is 15.3. The third-order valence-electron chi connectivity index (χ3n) is 4.83. The zero-order valence-corrected chi connectivity index (χ0v) is 12.1. The Kier molecular flexibility index (Phi) is 2.92. The summed E-state index contributed by atoms with van der Waals surface area (Å²) in [5.41, 5.74) is 1.36. The van der Waals surface area contributed by atoms with Gasteiger partial charge < -0.3 is 14.4 Å². The summed E-state index contributed by atoms with van der Waals surface area (Å²) in [6, 6.07) is 3.56. The summed E-state index contributed by atoms with van der Waals surface area (Å²) in [6.45, 7) is 0.875. The van der Waals surface area contributed by atoms with Crippen LogP contribution in [0.3, 0.4) is 0 Å². The normalized spacial score (nSPS) is 24.8. The summed E-state index contributed by atoms with van der Waals surface area (Å²) < 4.78 is 1.80. The molecule has 2 aromatic heterocycles. The van der Waals surface area contributed by atoms with Crippen LogP contribution in [0.25, 0.3) is 5.65 Å². The lowest BCUT2D eigenvalue weighted by Crippen LogP contribution is -2.30. The van der Waals surface area contributed by atoms with Crippen molar-refractivity contribution in [3.63, 3.8) is 0 Å². The standard InChI is InChI=1S/C16H17N3O3/c20-15(11-3-4-14-17-5-6-18(14)7-11)19-8-12(10-1-2-10)13(9-19)16(21)22/h3-7,10,12-13H,1-2,8-9H2,(H,21,22)/t12-,13+/m1/s1. The van der Waals surface area contributed by atoms with Gasteiger partial charge in [-0.2, -0.15) is 0 Å². The predicted molar refractivity (Wildman–Crippen MR) is 78.4 cm³/mol. The number of hydrogen-bond acceptors (Lipinski definition) is 3. The minimum absolute atomic E-state index is 0.0926. The van der Waals surface area contributed by atoms with Gasteiger partial charge in [0.15, 0.2) is 0 Å². The molecule has 22 heavy (non-hydrogen) atoms. The molecule has 6 heteroatoms. The fourth-order valence-corrected chi connectivity index (χ4v) is 3.49. The number of hydrogen-bond donors (Lipinski definition) is 1. The first-order valence-corrected chi connectivity index (χ1v) is 7.58. The Morgan fingerprint density at radius 2 is 2.05 bits per heavy atom. The van der Waals surface area contributed by atoms with Gasteiger partial charge in [-0.3, -0.25) is 9.59 Å². The van der Waals surface area contributed by atoms with Crippen LogP contribution in [-0.2, 0) is 4.79 Å². The molecule has 2 aliphatic rings. The molecule has 114 valence electrons. The molecule has 1 N–H and O–H groups in total. The Bertz CT molecular complexity index is 750. The van der Waals surface area contributed by atoms with E-state index < -0.39 is 11.9 Å². The van der Waals surface area contributed by atoms with Gasteiger partial charge in [0.25, 0.3) is 5.91 Å². The molecule has 3 heterocycles. The maximum atomic E-state index is 12.7. The molecule has 0 unspecified atom stereocenters. The average Bonchev–Trinajstić information content (AvgIpc) is 3.09. The fraction of sp³-hybridized carbons (Fsp3) is 0.438. The number of nitrogens with zero attached hydrogens (tertiary/aromatic N) is 3. The maximum absolute atomic E-state index is 12.7. The molecule has 1 aliphatic carbocycles. The van der Waals surface area contributed by atoms with Gasteiger partial charge in [-0.15, -0.1) is 0 Å². The third-order valence-corrected chi connectivity index (χ3v) is 4.83. The number of amides is 1. The van der Waals surface area contributed by atoms with E-state index in [-0.39, 0.29) is 11.8 Å². The average molecular weight is 299 g/mol. The summed E-state index contributed by atoms with van der Waals surface area (Å²) in [4.78, 5) is 30.0. The highest BCUT2D eigenvalue weighted by Crippen LogP contribution is 2.44. The number of likely N-dealkylation sites (tertiary alicyclic amines) is 1. The lowest BCUT2D eigenvalue weighted by molar-refractivity contribution is -0.142. The van der Waals surface area contributed by atoms with Crippen molar-refractivity contribution in [3.05, 3.63) is 36.3 Å². The molecule has 0 radical (unpaired) electrons. The number of pyridine rings is 1. The Labute approximate surface area is 127 Å². The molecule has 0 aromatic carbocycles. The van der Waals surface area contributed by atoms with Crippen LogP contribution >= 0.6 is 0 Å². The number of carboxylic acid groups (broad SMARTS) is 1. The number of carbonyl (C=O) groups excluding carboxylic acids is 1. The van der Waals surface area contributed by atoms with Crippen LogP contribution in [0.1, 0.15) is 23.2 Å². The highest BCUT2D eigenvalue weighted by Gasteiger charge is 2.46. The van der Waals surface area contributed by atoms with Crippen molar-refractivity contribution >= 4 is 17.5 Å². The smallest absolute Gasteiger partial charge is 0.308 e. The molecular weight excluding hydrogens is 282 g/mol. The second-order valence-electron chi connectivity index (χ2n) is 6.27. The SMILES string of the molecule is O=C(O)[C@H]1CN(C(=O)c2ccc3nccn3c2)C[C@@H]1C1CC1. The Balaban J connectivity index is 1.58. The van der Waals surface area contributed by atoms with Gasteiger partial charge >= 0.3 is 5.97 Å². The molecule has 1 saturated heterocycles. The van der Waals surface area contributed by atoms with Crippen LogP contribution in [0.15, 0.2) is 30.7 Å². The van der Waals surface area contributed by atoms with Crippen molar-refractivity contribution in [2.24, 2.45) is 17.8 Å². The molecule has 0 spiro atoms. The zero-order valence-electron chi connectivity index (χ0n) is 12.1. The van der Waals surface area contributed by atoms with E-state index in [0.717, 1.165) is 18.5 Å². The number of carboxylic acids is 1. The Hall–Kier alpha value is -2.37. The van der Waals surface area contributed by atoms with Gasteiger partial charge in [-0.05, 0) is 36.8 Å². The van der Waals surface area contributed by atoms with Crippen LogP contribution in [-0.4, -0.2) is 44.4 Å². The van der Waals surface area contributed by atoms with Crippen molar-refractivity contribution in [3.8, 4) is 0 Å². The number of rotatable bonds is 3. The summed E-state index contributed by atoms with van der Waals surface area (Å²) in [6.07, 6.45) is 7.42. The molecular formula is C16H17N3O3. The van der Waals surface area contributed by atoms with Crippen molar-refractivity contribution in [1.29, 1.82) is 0 Å². The highest BCUT2D eigenvalue weighted by atomic mass is 16.4. The van der Waals surface area contributed by atoms with E-state index in [9.17, 15) is 14.7 Å². The molecule has 2 fully saturated rings. The first kappa shape index (κ1) is 13.3. The van der Waals surface area contributed by atoms with Gasteiger partial charge in [-0.25, -0.2) is 4.98 Å². The molecule has 2 atom stereocenters. The van der Waals surface area contributed by atoms with Crippen LogP contribution in [0.5, 0.6) is 0 Å². The molecule has 0 bridgehead atoms. The lowest BCUT2D eigenvalue weighted by atomic mass is 9.92. The largest absolute Gasteiger partial charge is 0.481 e. The van der Waals surface area contributed by atoms with Crippen LogP contribution in [0.2, 0.25) is 0 Å². The molecule has 6 nitrogen and oxygen atoms in total. The second kappa shape index (κ2) is 4.83. The molecule has 2 aromatic rings. The summed E-state index contributed by atoms with van der Waals surface area (Å²) >= 11 is 0. The van der Waals surface area contributed by atoms with E-state index in [1.807, 2.05) is 0 Å². The van der Waals surface area contributed by atoms with Gasteiger partial charge in [-0.1, -0.05) is 0 Å². The monoisotopic (exact) mass is 299 g/mol. The maximum Gasteiger partial charge on any atom is 0.308 e. The van der Waals surface area contributed by atoms with E-state index in [0.29, 0.717) is 24.6 Å². The molecule has 1 saturated carbocycles. The van der Waals surface area contributed by atoms with Gasteiger partial charge in [0, 0.05) is 31.7 Å². The van der Waals surface area contributed by atoms with Crippen molar-refractivity contribution in [2.75, 3.05) is 13.1 Å². The number of carbonyl (C=O) groups is 2. The first-order valence-electron chi connectivity index (χ1n) is 7.58. The van der Waals surface area contributed by atoms with E-state index in [1.54, 1.807) is 40.0 Å². The number of fused-ring (bicyclic) bond motifs is 1. The summed E-state index contributed by atoms with van der Waals surface area (Å²) in [5.74, 6) is -0.704. The Morgan fingerprint density at radius 3 is 2.77 bits per heavy atom. The van der Waals surface area contributed by atoms with Crippen molar-refractivity contribution in [2.45, 2.75) is 12.8 Å². The predicted octanol–water partition coefficient (Wildman–Crippen LogP) is 1.52. The van der Waals surface area contributed by atoms with Crippen LogP contribution in [0.4, 0.5) is 0 Å². The van der Waals surface area contributed by atoms with E-state index in [4.69, 9.17) is 0 Å². The second-order valence-corrected chi connectivity index (χ2v) is 6.27. The summed E-state index contributed by atoms with van der Waals surface area (Å²) in [7, 11) is 0. The first-order chi connectivity index (χ1) is 10.6. The Morgan fingerprint density at radius 1 is 1.23 bits per heavy atom. The molecule has 1 amide bonds. The van der Waals surface area contributed by atoms with Crippen molar-refractivity contribution < 1.29 is 14.7 Å². The number of aromatic nitrogens is 2. The number of imidazole rings is 1. The minimum Gasteiger partial charge on any atom is -0.481 e. The van der Waals surface area contributed by atoms with E-state index in [2.05, 4.69) is 4.98 Å². The van der Waals surface area contributed by atoms with E-state index in [1.165, 1.54) is 0 Å². The van der Waals surface area contributed by atoms with E-state index >= 15 is 0 Å². The summed E-state index contributed by atoms with van der Waals surface area (Å²) in [5, 5.41) is 9.39. The quantitative estimate of drug-likeness (QED) is 0.932. The lowest BCUT2D eigenvalue weighted by Gasteiger charge is -2.16. The van der Waals surface area contributed by atoms with Gasteiger partial charge in [0.1, 0.15) is 5.65 Å². The van der Waals surface area contributed by atoms with Crippen LogP contribution in [0, 0.1) is 17.8 Å².